The third-order valence-electron chi connectivity index (χ3n) is 2.05. The maximum absolute atomic E-state index is 5.64. The van der Waals surface area contributed by atoms with E-state index in [1.54, 1.807) is 0 Å². The Hall–Kier alpha value is -1.43. The Morgan fingerprint density at radius 1 is 1.31 bits per heavy atom. The van der Waals surface area contributed by atoms with E-state index in [-0.39, 0.29) is 29.0 Å². The number of benzene rings is 1. The number of rotatable bonds is 2. The van der Waals surface area contributed by atoms with Gasteiger partial charge in [-0.3, -0.25) is 0 Å². The molecule has 1 unspecified atom stereocenters. The molecule has 2 rings (SSSR count). The Balaban J connectivity index is 0.00000128. The highest BCUT2D eigenvalue weighted by molar-refractivity contribution is 8.93. The molecule has 0 aliphatic carbocycles. The number of nitrogens with zero attached hydrogens (tertiary/aromatic N) is 1. The van der Waals surface area contributed by atoms with E-state index >= 15 is 0 Å². The lowest BCUT2D eigenvalue weighted by Gasteiger charge is -2.25. The zero-order valence-electron chi connectivity index (χ0n) is 8.63. The second-order valence-electron chi connectivity index (χ2n) is 3.26. The van der Waals surface area contributed by atoms with Crippen molar-refractivity contribution in [2.75, 3.05) is 13.2 Å². The van der Waals surface area contributed by atoms with Crippen LogP contribution in [0.15, 0.2) is 29.3 Å². The summed E-state index contributed by atoms with van der Waals surface area (Å²) in [5, 5.41) is 0. The summed E-state index contributed by atoms with van der Waals surface area (Å²) in [4.78, 5) is 3.89. The van der Waals surface area contributed by atoms with Crippen LogP contribution in [0, 0.1) is 0 Å². The highest BCUT2D eigenvalue weighted by atomic mass is 79.9. The fourth-order valence-corrected chi connectivity index (χ4v) is 1.36. The van der Waals surface area contributed by atoms with E-state index < -0.39 is 0 Å². The molecule has 5 nitrogen and oxygen atoms in total. The molecule has 0 amide bonds. The Kier molecular flexibility index (Phi) is 4.42. The number of halogens is 1. The SMILES string of the molecule is Br.NC(N)=NCC1COc2ccccc2O1. The summed E-state index contributed by atoms with van der Waals surface area (Å²) in [6.07, 6.45) is -0.123. The lowest BCUT2D eigenvalue weighted by atomic mass is 10.2. The smallest absolute Gasteiger partial charge is 0.186 e. The summed E-state index contributed by atoms with van der Waals surface area (Å²) in [6, 6.07) is 7.52. The molecule has 0 aromatic heterocycles. The molecule has 1 heterocycles. The maximum Gasteiger partial charge on any atom is 0.186 e. The first-order valence-corrected chi connectivity index (χ1v) is 4.69. The number of guanidine groups is 1. The maximum atomic E-state index is 5.64. The minimum atomic E-state index is -0.123. The standard InChI is InChI=1S/C10H13N3O2.BrH/c11-10(12)13-5-7-6-14-8-3-1-2-4-9(8)15-7;/h1-4,7H,5-6H2,(H4,11,12,13);1H. The predicted molar refractivity (Wildman–Crippen MR) is 67.4 cm³/mol. The van der Waals surface area contributed by atoms with E-state index in [0.717, 1.165) is 11.5 Å². The summed E-state index contributed by atoms with van der Waals surface area (Å²) in [7, 11) is 0. The van der Waals surface area contributed by atoms with Gasteiger partial charge in [-0.2, -0.15) is 0 Å². The van der Waals surface area contributed by atoms with E-state index in [0.29, 0.717) is 13.2 Å². The van der Waals surface area contributed by atoms with E-state index in [1.165, 1.54) is 0 Å². The van der Waals surface area contributed by atoms with Gasteiger partial charge in [0.2, 0.25) is 0 Å². The monoisotopic (exact) mass is 287 g/mol. The van der Waals surface area contributed by atoms with Gasteiger partial charge in [0.15, 0.2) is 23.6 Å². The summed E-state index contributed by atoms with van der Waals surface area (Å²) < 4.78 is 11.1. The molecule has 0 radical (unpaired) electrons. The Bertz CT molecular complexity index is 380. The lowest BCUT2D eigenvalue weighted by Crippen LogP contribution is -2.33. The zero-order chi connectivity index (χ0) is 10.7. The summed E-state index contributed by atoms with van der Waals surface area (Å²) in [6.45, 7) is 0.879. The Morgan fingerprint density at radius 3 is 2.69 bits per heavy atom. The minimum absolute atomic E-state index is 0. The van der Waals surface area contributed by atoms with Gasteiger partial charge in [0, 0.05) is 0 Å². The van der Waals surface area contributed by atoms with Gasteiger partial charge in [-0.25, -0.2) is 4.99 Å². The number of para-hydroxylation sites is 2. The Labute approximate surface area is 104 Å². The van der Waals surface area contributed by atoms with Gasteiger partial charge in [-0.1, -0.05) is 12.1 Å². The van der Waals surface area contributed by atoms with Crippen LogP contribution in [0.5, 0.6) is 11.5 Å². The van der Waals surface area contributed by atoms with Crippen molar-refractivity contribution in [2.45, 2.75) is 6.10 Å². The molecule has 1 aliphatic rings. The second-order valence-corrected chi connectivity index (χ2v) is 3.26. The predicted octanol–water partition coefficient (Wildman–Crippen LogP) is 0.678. The van der Waals surface area contributed by atoms with E-state index in [4.69, 9.17) is 20.9 Å². The van der Waals surface area contributed by atoms with Gasteiger partial charge >= 0.3 is 0 Å². The van der Waals surface area contributed by atoms with Crippen molar-refractivity contribution in [1.82, 2.24) is 0 Å². The summed E-state index contributed by atoms with van der Waals surface area (Å²) >= 11 is 0. The van der Waals surface area contributed by atoms with Crippen LogP contribution in [-0.2, 0) is 0 Å². The molecule has 0 fully saturated rings. The molecule has 16 heavy (non-hydrogen) atoms. The first-order valence-electron chi connectivity index (χ1n) is 4.69. The highest BCUT2D eigenvalue weighted by Crippen LogP contribution is 2.30. The topological polar surface area (TPSA) is 82.9 Å². The molecule has 1 aromatic carbocycles. The van der Waals surface area contributed by atoms with Crippen molar-refractivity contribution in [1.29, 1.82) is 0 Å². The number of hydrogen-bond donors (Lipinski definition) is 2. The fourth-order valence-electron chi connectivity index (χ4n) is 1.36. The number of nitrogens with two attached hydrogens (primary N) is 2. The van der Waals surface area contributed by atoms with Crippen LogP contribution in [0.3, 0.4) is 0 Å². The van der Waals surface area contributed by atoms with E-state index in [1.807, 2.05) is 24.3 Å². The van der Waals surface area contributed by atoms with Crippen LogP contribution in [0.25, 0.3) is 0 Å². The van der Waals surface area contributed by atoms with Crippen molar-refractivity contribution >= 4 is 22.9 Å². The van der Waals surface area contributed by atoms with Gasteiger partial charge < -0.3 is 20.9 Å². The largest absolute Gasteiger partial charge is 0.486 e. The molecule has 4 N–H and O–H groups in total. The molecule has 1 aliphatic heterocycles. The van der Waals surface area contributed by atoms with E-state index in [2.05, 4.69) is 4.99 Å². The molecule has 0 spiro atoms. The summed E-state index contributed by atoms with van der Waals surface area (Å²) in [5.41, 5.74) is 10.5. The van der Waals surface area contributed by atoms with Crippen molar-refractivity contribution < 1.29 is 9.47 Å². The molecule has 0 saturated heterocycles. The quantitative estimate of drug-likeness (QED) is 0.619. The van der Waals surface area contributed by atoms with Crippen LogP contribution >= 0.6 is 17.0 Å². The molecule has 0 bridgehead atoms. The number of fused-ring (bicyclic) bond motifs is 1. The minimum Gasteiger partial charge on any atom is -0.486 e. The van der Waals surface area contributed by atoms with Crippen molar-refractivity contribution in [3.63, 3.8) is 0 Å². The number of hydrogen-bond acceptors (Lipinski definition) is 3. The summed E-state index contributed by atoms with van der Waals surface area (Å²) in [5.74, 6) is 1.57. The molecule has 0 saturated carbocycles. The third kappa shape index (κ3) is 3.03. The van der Waals surface area contributed by atoms with Gasteiger partial charge in [-0.15, -0.1) is 17.0 Å². The van der Waals surface area contributed by atoms with Crippen LogP contribution in [0.2, 0.25) is 0 Å². The highest BCUT2D eigenvalue weighted by Gasteiger charge is 2.19. The lowest BCUT2D eigenvalue weighted by molar-refractivity contribution is 0.0972. The molecule has 88 valence electrons. The van der Waals surface area contributed by atoms with Crippen LogP contribution in [0.1, 0.15) is 0 Å². The van der Waals surface area contributed by atoms with Gasteiger partial charge in [0.1, 0.15) is 6.61 Å². The van der Waals surface area contributed by atoms with Gasteiger partial charge in [-0.05, 0) is 12.1 Å². The van der Waals surface area contributed by atoms with E-state index in [9.17, 15) is 0 Å². The van der Waals surface area contributed by atoms with Crippen LogP contribution < -0.4 is 20.9 Å². The van der Waals surface area contributed by atoms with Crippen LogP contribution in [0.4, 0.5) is 0 Å². The van der Waals surface area contributed by atoms with Crippen LogP contribution in [-0.4, -0.2) is 25.2 Å². The molecular formula is C10H14BrN3O2. The second kappa shape index (κ2) is 5.60. The zero-order valence-corrected chi connectivity index (χ0v) is 10.3. The van der Waals surface area contributed by atoms with Crippen molar-refractivity contribution in [3.8, 4) is 11.5 Å². The molecule has 1 aromatic rings. The van der Waals surface area contributed by atoms with Crippen molar-refractivity contribution in [3.05, 3.63) is 24.3 Å². The van der Waals surface area contributed by atoms with Crippen molar-refractivity contribution in [2.24, 2.45) is 16.5 Å². The molecule has 6 heteroatoms. The Morgan fingerprint density at radius 2 is 2.00 bits per heavy atom. The average molecular weight is 288 g/mol. The third-order valence-corrected chi connectivity index (χ3v) is 2.05. The average Bonchev–Trinajstić information content (AvgIpc) is 2.26. The number of aliphatic imine (C=N–C) groups is 1. The molecule has 1 atom stereocenters. The van der Waals surface area contributed by atoms with Gasteiger partial charge in [0.05, 0.1) is 6.54 Å². The number of ether oxygens (including phenoxy) is 2. The fraction of sp³-hybridized carbons (Fsp3) is 0.300. The molecular weight excluding hydrogens is 274 g/mol. The normalized spacial score (nSPS) is 17.1. The van der Waals surface area contributed by atoms with Gasteiger partial charge in [0.25, 0.3) is 0 Å². The first kappa shape index (κ1) is 12.6. The first-order chi connectivity index (χ1) is 7.25.